The Balaban J connectivity index is 1.54. The minimum absolute atomic E-state index is 0.0882. The first-order valence-electron chi connectivity index (χ1n) is 7.42. The fourth-order valence-corrected chi connectivity index (χ4v) is 2.31. The van der Waals surface area contributed by atoms with Gasteiger partial charge in [-0.2, -0.15) is 0 Å². The van der Waals surface area contributed by atoms with Gasteiger partial charge in [0.25, 0.3) is 5.91 Å². The molecule has 0 aliphatic carbocycles. The van der Waals surface area contributed by atoms with Crippen LogP contribution in [-0.2, 0) is 0 Å². The normalized spacial score (nSPS) is 13.7. The van der Waals surface area contributed by atoms with Crippen LogP contribution in [0, 0.1) is 0 Å². The van der Waals surface area contributed by atoms with E-state index in [-0.39, 0.29) is 11.9 Å². The topological polar surface area (TPSA) is 87.2 Å². The van der Waals surface area contributed by atoms with E-state index in [4.69, 9.17) is 0 Å². The van der Waals surface area contributed by atoms with Crippen LogP contribution in [0.4, 0.5) is 4.79 Å². The Bertz CT molecular complexity index is 687. The van der Waals surface area contributed by atoms with Crippen molar-refractivity contribution in [3.63, 3.8) is 0 Å². The fourth-order valence-electron chi connectivity index (χ4n) is 2.31. The van der Waals surface area contributed by atoms with E-state index in [1.165, 1.54) is 12.4 Å². The predicted octanol–water partition coefficient (Wildman–Crippen LogP) is 0.899. The van der Waals surface area contributed by atoms with Gasteiger partial charge in [-0.1, -0.05) is 30.3 Å². The van der Waals surface area contributed by atoms with E-state index in [0.717, 1.165) is 5.56 Å². The summed E-state index contributed by atoms with van der Waals surface area (Å²) in [5, 5.41) is 5.48. The van der Waals surface area contributed by atoms with E-state index >= 15 is 0 Å². The van der Waals surface area contributed by atoms with Gasteiger partial charge in [0.2, 0.25) is 0 Å². The standard InChI is InChI=1S/C16H17N5O2/c22-15(17-6-8-21-9-7-18-16(21)23)13-10-19-14(20-11-13)12-4-2-1-3-5-12/h1-5,10-11H,6-9H2,(H,17,22)(H,18,23). The van der Waals surface area contributed by atoms with Gasteiger partial charge in [0, 0.05) is 44.1 Å². The molecule has 1 fully saturated rings. The summed E-state index contributed by atoms with van der Waals surface area (Å²) in [4.78, 5) is 33.5. The van der Waals surface area contributed by atoms with Crippen molar-refractivity contribution in [2.24, 2.45) is 0 Å². The number of carbonyl (C=O) groups is 2. The molecule has 1 aromatic heterocycles. The molecule has 1 aliphatic heterocycles. The van der Waals surface area contributed by atoms with Crippen molar-refractivity contribution >= 4 is 11.9 Å². The maximum atomic E-state index is 12.0. The van der Waals surface area contributed by atoms with E-state index < -0.39 is 0 Å². The van der Waals surface area contributed by atoms with Gasteiger partial charge < -0.3 is 15.5 Å². The van der Waals surface area contributed by atoms with Gasteiger partial charge >= 0.3 is 6.03 Å². The van der Waals surface area contributed by atoms with Crippen LogP contribution in [0.2, 0.25) is 0 Å². The smallest absolute Gasteiger partial charge is 0.317 e. The number of rotatable bonds is 5. The zero-order chi connectivity index (χ0) is 16.1. The molecule has 1 aromatic carbocycles. The van der Waals surface area contributed by atoms with E-state index in [0.29, 0.717) is 37.6 Å². The Morgan fingerprint density at radius 1 is 1.22 bits per heavy atom. The molecule has 0 bridgehead atoms. The minimum atomic E-state index is -0.246. The van der Waals surface area contributed by atoms with E-state index in [1.54, 1.807) is 4.90 Å². The van der Waals surface area contributed by atoms with E-state index in [1.807, 2.05) is 30.3 Å². The lowest BCUT2D eigenvalue weighted by molar-refractivity contribution is 0.0949. The van der Waals surface area contributed by atoms with Crippen LogP contribution in [0.15, 0.2) is 42.7 Å². The summed E-state index contributed by atoms with van der Waals surface area (Å²) in [5.41, 5.74) is 1.30. The first kappa shape index (κ1) is 15.0. The highest BCUT2D eigenvalue weighted by Crippen LogP contribution is 2.13. The molecule has 7 nitrogen and oxygen atoms in total. The Labute approximate surface area is 133 Å². The van der Waals surface area contributed by atoms with Crippen LogP contribution in [0.1, 0.15) is 10.4 Å². The highest BCUT2D eigenvalue weighted by Gasteiger charge is 2.18. The van der Waals surface area contributed by atoms with Crippen molar-refractivity contribution in [2.45, 2.75) is 0 Å². The van der Waals surface area contributed by atoms with Gasteiger partial charge in [0.1, 0.15) is 0 Å². The number of benzene rings is 1. The van der Waals surface area contributed by atoms with Gasteiger partial charge in [-0.25, -0.2) is 14.8 Å². The molecule has 1 saturated heterocycles. The molecule has 1 aliphatic rings. The van der Waals surface area contributed by atoms with Crippen LogP contribution in [0.3, 0.4) is 0 Å². The quantitative estimate of drug-likeness (QED) is 0.859. The molecule has 23 heavy (non-hydrogen) atoms. The Morgan fingerprint density at radius 2 is 1.96 bits per heavy atom. The predicted molar refractivity (Wildman–Crippen MR) is 84.8 cm³/mol. The summed E-state index contributed by atoms with van der Waals surface area (Å²) in [6, 6.07) is 9.48. The van der Waals surface area contributed by atoms with Crippen LogP contribution in [-0.4, -0.2) is 53.0 Å². The number of nitrogens with one attached hydrogen (secondary N) is 2. The lowest BCUT2D eigenvalue weighted by Crippen LogP contribution is -2.36. The van der Waals surface area contributed by atoms with Gasteiger partial charge in [0.15, 0.2) is 5.82 Å². The summed E-state index contributed by atoms with van der Waals surface area (Å²) in [7, 11) is 0. The zero-order valence-electron chi connectivity index (χ0n) is 12.5. The summed E-state index contributed by atoms with van der Waals surface area (Å²) in [5.74, 6) is 0.333. The molecular formula is C16H17N5O2. The molecule has 0 unspecified atom stereocenters. The van der Waals surface area contributed by atoms with Crippen molar-refractivity contribution in [2.75, 3.05) is 26.2 Å². The van der Waals surface area contributed by atoms with E-state index in [2.05, 4.69) is 20.6 Å². The molecular weight excluding hydrogens is 294 g/mol. The number of hydrogen-bond acceptors (Lipinski definition) is 4. The molecule has 0 radical (unpaired) electrons. The molecule has 3 amide bonds. The molecule has 0 spiro atoms. The third-order valence-corrected chi connectivity index (χ3v) is 3.56. The maximum Gasteiger partial charge on any atom is 0.317 e. The number of nitrogens with zero attached hydrogens (tertiary/aromatic N) is 3. The Morgan fingerprint density at radius 3 is 2.61 bits per heavy atom. The van der Waals surface area contributed by atoms with Crippen molar-refractivity contribution < 1.29 is 9.59 Å². The number of hydrogen-bond donors (Lipinski definition) is 2. The van der Waals surface area contributed by atoms with E-state index in [9.17, 15) is 9.59 Å². The average molecular weight is 311 g/mol. The number of urea groups is 1. The van der Waals surface area contributed by atoms with Crippen molar-refractivity contribution in [3.05, 3.63) is 48.3 Å². The van der Waals surface area contributed by atoms with Gasteiger partial charge in [-0.15, -0.1) is 0 Å². The monoisotopic (exact) mass is 311 g/mol. The fraction of sp³-hybridized carbons (Fsp3) is 0.250. The molecule has 3 rings (SSSR count). The second kappa shape index (κ2) is 6.87. The van der Waals surface area contributed by atoms with Crippen molar-refractivity contribution in [3.8, 4) is 11.4 Å². The maximum absolute atomic E-state index is 12.0. The molecule has 118 valence electrons. The van der Waals surface area contributed by atoms with Crippen LogP contribution in [0.5, 0.6) is 0 Å². The average Bonchev–Trinajstić information content (AvgIpc) is 3.01. The van der Waals surface area contributed by atoms with Crippen LogP contribution < -0.4 is 10.6 Å². The molecule has 7 heteroatoms. The van der Waals surface area contributed by atoms with Crippen molar-refractivity contribution in [1.29, 1.82) is 0 Å². The van der Waals surface area contributed by atoms with Gasteiger partial charge in [-0.05, 0) is 0 Å². The first-order valence-corrected chi connectivity index (χ1v) is 7.42. The number of amides is 3. The van der Waals surface area contributed by atoms with Gasteiger partial charge in [-0.3, -0.25) is 4.79 Å². The number of carbonyl (C=O) groups excluding carboxylic acids is 2. The minimum Gasteiger partial charge on any atom is -0.350 e. The highest BCUT2D eigenvalue weighted by atomic mass is 16.2. The Hall–Kier alpha value is -2.96. The second-order valence-corrected chi connectivity index (χ2v) is 5.14. The lowest BCUT2D eigenvalue weighted by Gasteiger charge is -2.14. The first-order chi connectivity index (χ1) is 11.2. The lowest BCUT2D eigenvalue weighted by atomic mass is 10.2. The second-order valence-electron chi connectivity index (χ2n) is 5.14. The Kier molecular flexibility index (Phi) is 4.46. The molecule has 2 heterocycles. The van der Waals surface area contributed by atoms with Gasteiger partial charge in [0.05, 0.1) is 5.56 Å². The molecule has 2 aromatic rings. The summed E-state index contributed by atoms with van der Waals surface area (Å²) in [6.45, 7) is 2.21. The third-order valence-electron chi connectivity index (χ3n) is 3.56. The zero-order valence-corrected chi connectivity index (χ0v) is 12.5. The number of aromatic nitrogens is 2. The van der Waals surface area contributed by atoms with Crippen LogP contribution >= 0.6 is 0 Å². The molecule has 0 saturated carbocycles. The molecule has 2 N–H and O–H groups in total. The SMILES string of the molecule is O=C(NCCN1CCNC1=O)c1cnc(-c2ccccc2)nc1. The summed E-state index contributed by atoms with van der Waals surface area (Å²) < 4.78 is 0. The van der Waals surface area contributed by atoms with Crippen molar-refractivity contribution in [1.82, 2.24) is 25.5 Å². The molecule has 0 atom stereocenters. The summed E-state index contributed by atoms with van der Waals surface area (Å²) >= 11 is 0. The third kappa shape index (κ3) is 3.63. The highest BCUT2D eigenvalue weighted by molar-refractivity contribution is 5.93. The summed E-state index contributed by atoms with van der Waals surface area (Å²) in [6.07, 6.45) is 3.01. The van der Waals surface area contributed by atoms with Crippen LogP contribution in [0.25, 0.3) is 11.4 Å². The largest absolute Gasteiger partial charge is 0.350 e.